The Kier molecular flexibility index (Phi) is 3.93. The van der Waals surface area contributed by atoms with Crippen LogP contribution in [-0.4, -0.2) is 32.6 Å². The molecular weight excluding hydrogens is 232 g/mol. The Labute approximate surface area is 106 Å². The average Bonchev–Trinajstić information content (AvgIpc) is 2.90. The fourth-order valence-corrected chi connectivity index (χ4v) is 2.69. The summed E-state index contributed by atoms with van der Waals surface area (Å²) in [5, 5.41) is 9.30. The van der Waals surface area contributed by atoms with E-state index in [2.05, 4.69) is 11.0 Å². The molecule has 0 amide bonds. The molecule has 1 heterocycles. The highest BCUT2D eigenvalue weighted by molar-refractivity contribution is 7.98. The fraction of sp³-hybridized carbons (Fsp3) is 0.462. The molecule has 3 nitrogen and oxygen atoms in total. The molecule has 1 atom stereocenters. The van der Waals surface area contributed by atoms with Crippen LogP contribution in [0.2, 0.25) is 0 Å². The zero-order valence-corrected chi connectivity index (χ0v) is 11.0. The Morgan fingerprint density at radius 2 is 2.35 bits per heavy atom. The molecule has 1 aliphatic heterocycles. The van der Waals surface area contributed by atoms with Gasteiger partial charge in [-0.2, -0.15) is 5.26 Å². The van der Waals surface area contributed by atoms with Gasteiger partial charge in [0.05, 0.1) is 23.9 Å². The van der Waals surface area contributed by atoms with Gasteiger partial charge in [-0.1, -0.05) is 6.07 Å². The van der Waals surface area contributed by atoms with Crippen LogP contribution in [0.15, 0.2) is 23.1 Å². The van der Waals surface area contributed by atoms with Crippen molar-refractivity contribution >= 4 is 17.4 Å². The number of thioether (sulfide) groups is 1. The molecule has 17 heavy (non-hydrogen) atoms. The van der Waals surface area contributed by atoms with E-state index in [0.717, 1.165) is 35.8 Å². The van der Waals surface area contributed by atoms with E-state index in [0.29, 0.717) is 6.04 Å². The smallest absolute Gasteiger partial charge is 0.103 e. The number of hydrogen-bond donors (Lipinski definition) is 0. The number of anilines is 1. The van der Waals surface area contributed by atoms with Crippen molar-refractivity contribution in [2.24, 2.45) is 0 Å². The molecule has 0 saturated carbocycles. The summed E-state index contributed by atoms with van der Waals surface area (Å²) < 4.78 is 5.40. The monoisotopic (exact) mass is 248 g/mol. The number of nitrogens with zero attached hydrogens (tertiary/aromatic N) is 2. The van der Waals surface area contributed by atoms with Gasteiger partial charge < -0.3 is 9.64 Å². The maximum absolute atomic E-state index is 9.30. The third kappa shape index (κ3) is 2.41. The maximum Gasteiger partial charge on any atom is 0.103 e. The van der Waals surface area contributed by atoms with Crippen LogP contribution in [0.1, 0.15) is 12.0 Å². The zero-order valence-electron chi connectivity index (χ0n) is 10.1. The normalized spacial score (nSPS) is 19.0. The number of rotatable bonds is 3. The molecule has 1 aromatic carbocycles. The molecular formula is C13H16N2OS. The quantitative estimate of drug-likeness (QED) is 0.770. The van der Waals surface area contributed by atoms with E-state index in [1.165, 1.54) is 0 Å². The second-order valence-electron chi connectivity index (χ2n) is 4.09. The molecule has 4 heteroatoms. The summed E-state index contributed by atoms with van der Waals surface area (Å²) in [6, 6.07) is 8.71. The van der Waals surface area contributed by atoms with Gasteiger partial charge >= 0.3 is 0 Å². The molecule has 1 unspecified atom stereocenters. The van der Waals surface area contributed by atoms with Gasteiger partial charge in [-0.15, -0.1) is 11.8 Å². The average molecular weight is 248 g/mol. The SMILES string of the molecule is CSc1cccc(N(C)C2CCOC2)c1C#N. The van der Waals surface area contributed by atoms with Crippen molar-refractivity contribution in [3.63, 3.8) is 0 Å². The second kappa shape index (κ2) is 5.44. The molecule has 90 valence electrons. The van der Waals surface area contributed by atoms with Crippen LogP contribution in [0.25, 0.3) is 0 Å². The number of ether oxygens (including phenoxy) is 1. The molecule has 2 rings (SSSR count). The van der Waals surface area contributed by atoms with Crippen molar-refractivity contribution in [2.45, 2.75) is 17.4 Å². The van der Waals surface area contributed by atoms with Crippen molar-refractivity contribution in [2.75, 3.05) is 31.4 Å². The van der Waals surface area contributed by atoms with E-state index < -0.39 is 0 Å². The fourth-order valence-electron chi connectivity index (χ4n) is 2.12. The molecule has 1 aliphatic rings. The Morgan fingerprint density at radius 1 is 1.53 bits per heavy atom. The van der Waals surface area contributed by atoms with Crippen molar-refractivity contribution in [3.8, 4) is 6.07 Å². The van der Waals surface area contributed by atoms with Gasteiger partial charge in [0.15, 0.2) is 0 Å². The molecule has 1 fully saturated rings. The number of benzene rings is 1. The Morgan fingerprint density at radius 3 is 2.94 bits per heavy atom. The summed E-state index contributed by atoms with van der Waals surface area (Å²) >= 11 is 1.61. The Bertz CT molecular complexity index is 436. The molecule has 0 aromatic heterocycles. The highest BCUT2D eigenvalue weighted by atomic mass is 32.2. The van der Waals surface area contributed by atoms with Gasteiger partial charge in [0, 0.05) is 18.6 Å². The third-order valence-electron chi connectivity index (χ3n) is 3.17. The van der Waals surface area contributed by atoms with Gasteiger partial charge in [0.1, 0.15) is 6.07 Å². The van der Waals surface area contributed by atoms with E-state index in [-0.39, 0.29) is 0 Å². The minimum Gasteiger partial charge on any atom is -0.379 e. The minimum atomic E-state index is 0.388. The standard InChI is InChI=1S/C13H16N2OS/c1-15(10-6-7-16-9-10)12-4-3-5-13(17-2)11(12)8-14/h3-5,10H,6-7,9H2,1-2H3. The van der Waals surface area contributed by atoms with Crippen LogP contribution in [0.4, 0.5) is 5.69 Å². The van der Waals surface area contributed by atoms with E-state index in [9.17, 15) is 5.26 Å². The van der Waals surface area contributed by atoms with Crippen LogP contribution >= 0.6 is 11.8 Å². The second-order valence-corrected chi connectivity index (χ2v) is 4.94. The predicted molar refractivity (Wildman–Crippen MR) is 70.6 cm³/mol. The lowest BCUT2D eigenvalue weighted by Crippen LogP contribution is -2.32. The number of nitriles is 1. The minimum absolute atomic E-state index is 0.388. The molecule has 0 N–H and O–H groups in total. The first-order chi connectivity index (χ1) is 8.27. The van der Waals surface area contributed by atoms with Gasteiger partial charge in [-0.25, -0.2) is 0 Å². The van der Waals surface area contributed by atoms with Gasteiger partial charge in [-0.05, 0) is 24.8 Å². The van der Waals surface area contributed by atoms with Crippen LogP contribution in [0, 0.1) is 11.3 Å². The van der Waals surface area contributed by atoms with Crippen molar-refractivity contribution in [1.82, 2.24) is 0 Å². The highest BCUT2D eigenvalue weighted by Gasteiger charge is 2.23. The van der Waals surface area contributed by atoms with Crippen molar-refractivity contribution in [3.05, 3.63) is 23.8 Å². The molecule has 0 bridgehead atoms. The Balaban J connectivity index is 2.34. The molecule has 0 aliphatic carbocycles. The van der Waals surface area contributed by atoms with Crippen molar-refractivity contribution < 1.29 is 4.74 Å². The first kappa shape index (κ1) is 12.3. The molecule has 0 spiro atoms. The lowest BCUT2D eigenvalue weighted by Gasteiger charge is -2.26. The summed E-state index contributed by atoms with van der Waals surface area (Å²) in [7, 11) is 2.04. The summed E-state index contributed by atoms with van der Waals surface area (Å²) in [4.78, 5) is 3.21. The van der Waals surface area contributed by atoms with E-state index in [1.807, 2.05) is 31.5 Å². The lowest BCUT2D eigenvalue weighted by molar-refractivity contribution is 0.193. The summed E-state index contributed by atoms with van der Waals surface area (Å²) in [5.74, 6) is 0. The molecule has 1 aromatic rings. The lowest BCUT2D eigenvalue weighted by atomic mass is 10.1. The molecule has 0 radical (unpaired) electrons. The summed E-state index contributed by atoms with van der Waals surface area (Å²) in [6.07, 6.45) is 3.03. The topological polar surface area (TPSA) is 36.3 Å². The van der Waals surface area contributed by atoms with Crippen LogP contribution in [-0.2, 0) is 4.74 Å². The van der Waals surface area contributed by atoms with Gasteiger partial charge in [0.25, 0.3) is 0 Å². The van der Waals surface area contributed by atoms with E-state index in [4.69, 9.17) is 4.74 Å². The van der Waals surface area contributed by atoms with Gasteiger partial charge in [-0.3, -0.25) is 0 Å². The third-order valence-corrected chi connectivity index (χ3v) is 3.95. The van der Waals surface area contributed by atoms with Gasteiger partial charge in [0.2, 0.25) is 0 Å². The largest absolute Gasteiger partial charge is 0.379 e. The van der Waals surface area contributed by atoms with Crippen LogP contribution < -0.4 is 4.90 Å². The predicted octanol–water partition coefficient (Wildman–Crippen LogP) is 2.51. The molecule has 1 saturated heterocycles. The summed E-state index contributed by atoms with van der Waals surface area (Å²) in [5.41, 5.74) is 1.78. The first-order valence-electron chi connectivity index (χ1n) is 5.65. The van der Waals surface area contributed by atoms with Crippen LogP contribution in [0.3, 0.4) is 0 Å². The summed E-state index contributed by atoms with van der Waals surface area (Å²) in [6.45, 7) is 1.57. The first-order valence-corrected chi connectivity index (χ1v) is 6.88. The zero-order chi connectivity index (χ0) is 12.3. The maximum atomic E-state index is 9.30. The van der Waals surface area contributed by atoms with E-state index >= 15 is 0 Å². The Hall–Kier alpha value is -1.18. The van der Waals surface area contributed by atoms with Crippen LogP contribution in [0.5, 0.6) is 0 Å². The number of likely N-dealkylation sites (N-methyl/N-ethyl adjacent to an activating group) is 1. The highest BCUT2D eigenvalue weighted by Crippen LogP contribution is 2.30. The van der Waals surface area contributed by atoms with E-state index in [1.54, 1.807) is 11.8 Å². The number of hydrogen-bond acceptors (Lipinski definition) is 4. The van der Waals surface area contributed by atoms with Crippen molar-refractivity contribution in [1.29, 1.82) is 5.26 Å².